The van der Waals surface area contributed by atoms with Crippen molar-refractivity contribution in [1.29, 1.82) is 0 Å². The van der Waals surface area contributed by atoms with Crippen molar-refractivity contribution in [2.75, 3.05) is 0 Å². The van der Waals surface area contributed by atoms with Crippen LogP contribution in [0.2, 0.25) is 0 Å². The molecule has 0 aliphatic carbocycles. The summed E-state index contributed by atoms with van der Waals surface area (Å²) in [6.45, 7) is 0. The fourth-order valence-corrected chi connectivity index (χ4v) is 0.955. The molecule has 0 saturated carbocycles. The Morgan fingerprint density at radius 1 is 1.44 bits per heavy atom. The number of rotatable bonds is 0. The summed E-state index contributed by atoms with van der Waals surface area (Å²) in [4.78, 5) is 0. The molecule has 0 atom stereocenters. The Morgan fingerprint density at radius 3 is 2.56 bits per heavy atom. The SMILES string of the molecule is [B]c1ccc(I)cc1F. The fourth-order valence-electron chi connectivity index (χ4n) is 0.502. The molecule has 9 heavy (non-hydrogen) atoms. The van der Waals surface area contributed by atoms with Crippen molar-refractivity contribution in [2.24, 2.45) is 0 Å². The molecule has 0 nitrogen and oxygen atoms in total. The fraction of sp³-hybridized carbons (Fsp3) is 0. The van der Waals surface area contributed by atoms with Gasteiger partial charge in [0.15, 0.2) is 0 Å². The van der Waals surface area contributed by atoms with Crippen molar-refractivity contribution in [3.8, 4) is 0 Å². The molecule has 0 N–H and O–H groups in total. The lowest BCUT2D eigenvalue weighted by atomic mass is 9.96. The summed E-state index contributed by atoms with van der Waals surface area (Å²) < 4.78 is 13.3. The van der Waals surface area contributed by atoms with Crippen LogP contribution in [0.3, 0.4) is 0 Å². The van der Waals surface area contributed by atoms with E-state index in [2.05, 4.69) is 0 Å². The maximum atomic E-state index is 12.4. The first-order chi connectivity index (χ1) is 4.20. The third-order valence-electron chi connectivity index (χ3n) is 0.962. The highest BCUT2D eigenvalue weighted by atomic mass is 127. The van der Waals surface area contributed by atoms with Gasteiger partial charge in [-0.25, -0.2) is 4.39 Å². The molecule has 0 spiro atoms. The molecule has 0 aliphatic rings. The van der Waals surface area contributed by atoms with Gasteiger partial charge in [-0.05, 0) is 34.7 Å². The summed E-state index contributed by atoms with van der Waals surface area (Å²) in [7, 11) is 5.21. The molecule has 1 aromatic rings. The Kier molecular flexibility index (Phi) is 2.11. The second kappa shape index (κ2) is 2.69. The highest BCUT2D eigenvalue weighted by Crippen LogP contribution is 2.02. The van der Waals surface area contributed by atoms with Crippen molar-refractivity contribution >= 4 is 35.9 Å². The first-order valence-corrected chi connectivity index (χ1v) is 3.48. The van der Waals surface area contributed by atoms with Crippen LogP contribution in [0.4, 0.5) is 4.39 Å². The molecular formula is C6H3BFI. The van der Waals surface area contributed by atoms with Crippen molar-refractivity contribution in [2.45, 2.75) is 0 Å². The van der Waals surface area contributed by atoms with E-state index >= 15 is 0 Å². The van der Waals surface area contributed by atoms with Gasteiger partial charge in [0, 0.05) is 3.57 Å². The molecule has 0 aromatic heterocycles. The molecule has 0 fully saturated rings. The van der Waals surface area contributed by atoms with Gasteiger partial charge < -0.3 is 0 Å². The smallest absolute Gasteiger partial charge is 0.117 e. The van der Waals surface area contributed by atoms with Gasteiger partial charge in [0.05, 0.1) is 0 Å². The van der Waals surface area contributed by atoms with Gasteiger partial charge in [-0.3, -0.25) is 0 Å². The van der Waals surface area contributed by atoms with E-state index in [1.54, 1.807) is 12.1 Å². The van der Waals surface area contributed by atoms with E-state index in [0.29, 0.717) is 0 Å². The maximum absolute atomic E-state index is 12.4. The Morgan fingerprint density at radius 2 is 2.11 bits per heavy atom. The van der Waals surface area contributed by atoms with E-state index < -0.39 is 0 Å². The highest BCUT2D eigenvalue weighted by Gasteiger charge is 1.93. The molecule has 0 aliphatic heterocycles. The van der Waals surface area contributed by atoms with Gasteiger partial charge >= 0.3 is 0 Å². The standard InChI is InChI=1S/C6H3BFI/c7-5-2-1-4(9)3-6(5)8/h1-3H. The maximum Gasteiger partial charge on any atom is 0.117 e. The molecule has 0 saturated heterocycles. The number of hydrogen-bond donors (Lipinski definition) is 0. The van der Waals surface area contributed by atoms with Crippen LogP contribution in [-0.4, -0.2) is 7.85 Å². The molecule has 1 aromatic carbocycles. The van der Waals surface area contributed by atoms with Gasteiger partial charge in [-0.1, -0.05) is 11.5 Å². The zero-order valence-electron chi connectivity index (χ0n) is 4.57. The van der Waals surface area contributed by atoms with Gasteiger partial charge in [-0.2, -0.15) is 0 Å². The molecule has 0 amide bonds. The number of benzene rings is 1. The van der Waals surface area contributed by atoms with E-state index in [9.17, 15) is 4.39 Å². The summed E-state index contributed by atoms with van der Waals surface area (Å²) in [5, 5.41) is 0. The van der Waals surface area contributed by atoms with Gasteiger partial charge in [-0.15, -0.1) is 0 Å². The molecule has 44 valence electrons. The van der Waals surface area contributed by atoms with E-state index in [4.69, 9.17) is 7.85 Å². The minimum Gasteiger partial charge on any atom is -0.208 e. The second-order valence-electron chi connectivity index (χ2n) is 1.67. The Bertz CT molecular complexity index is 224. The quantitative estimate of drug-likeness (QED) is 0.466. The molecule has 2 radical (unpaired) electrons. The predicted molar refractivity (Wildman–Crippen MR) is 44.5 cm³/mol. The van der Waals surface area contributed by atoms with Crippen LogP contribution < -0.4 is 5.46 Å². The van der Waals surface area contributed by atoms with Crippen molar-refractivity contribution in [1.82, 2.24) is 0 Å². The lowest BCUT2D eigenvalue weighted by molar-refractivity contribution is 0.635. The van der Waals surface area contributed by atoms with Crippen LogP contribution in [0.1, 0.15) is 0 Å². The summed E-state index contributed by atoms with van der Waals surface area (Å²) in [6, 6.07) is 4.71. The van der Waals surface area contributed by atoms with Crippen LogP contribution in [0, 0.1) is 9.39 Å². The molecule has 3 heteroatoms. The number of hydrogen-bond acceptors (Lipinski definition) is 0. The third kappa shape index (κ3) is 1.68. The zero-order valence-corrected chi connectivity index (χ0v) is 6.72. The Labute approximate surface area is 68.0 Å². The van der Waals surface area contributed by atoms with Gasteiger partial charge in [0.2, 0.25) is 0 Å². The predicted octanol–water partition coefficient (Wildman–Crippen LogP) is 1.22. The van der Waals surface area contributed by atoms with Crippen LogP contribution >= 0.6 is 22.6 Å². The minimum atomic E-state index is -0.345. The average molecular weight is 232 g/mol. The summed E-state index contributed by atoms with van der Waals surface area (Å²) in [5.74, 6) is -0.345. The van der Waals surface area contributed by atoms with E-state index in [1.807, 2.05) is 22.6 Å². The summed E-state index contributed by atoms with van der Waals surface area (Å²) >= 11 is 2.03. The van der Waals surface area contributed by atoms with Crippen molar-refractivity contribution in [3.05, 3.63) is 27.6 Å². The Balaban J connectivity index is 3.17. The average Bonchev–Trinajstić information content (AvgIpc) is 1.80. The zero-order chi connectivity index (χ0) is 6.85. The van der Waals surface area contributed by atoms with Gasteiger partial charge in [0.25, 0.3) is 0 Å². The van der Waals surface area contributed by atoms with Crippen LogP contribution in [0.15, 0.2) is 18.2 Å². The van der Waals surface area contributed by atoms with Crippen LogP contribution in [0.5, 0.6) is 0 Å². The van der Waals surface area contributed by atoms with E-state index in [-0.39, 0.29) is 11.3 Å². The summed E-state index contributed by atoms with van der Waals surface area (Å²) in [6.07, 6.45) is 0. The second-order valence-corrected chi connectivity index (χ2v) is 2.91. The first kappa shape index (κ1) is 7.06. The monoisotopic (exact) mass is 232 g/mol. The molecule has 1 rings (SSSR count). The lowest BCUT2D eigenvalue weighted by Gasteiger charge is -1.94. The normalized spacial score (nSPS) is 9.56. The topological polar surface area (TPSA) is 0 Å². The van der Waals surface area contributed by atoms with Gasteiger partial charge in [0.1, 0.15) is 13.7 Å². The van der Waals surface area contributed by atoms with Crippen LogP contribution in [-0.2, 0) is 0 Å². The van der Waals surface area contributed by atoms with Crippen molar-refractivity contribution < 1.29 is 4.39 Å². The highest BCUT2D eigenvalue weighted by molar-refractivity contribution is 14.1. The molecule has 0 heterocycles. The lowest BCUT2D eigenvalue weighted by Crippen LogP contribution is -2.06. The minimum absolute atomic E-state index is 0.204. The van der Waals surface area contributed by atoms with E-state index in [0.717, 1.165) is 3.57 Å². The van der Waals surface area contributed by atoms with Crippen molar-refractivity contribution in [3.63, 3.8) is 0 Å². The number of halogens is 2. The Hall–Kier alpha value is -0.0551. The molecule has 0 bridgehead atoms. The molecule has 0 unspecified atom stereocenters. The first-order valence-electron chi connectivity index (χ1n) is 2.40. The third-order valence-corrected chi connectivity index (χ3v) is 1.63. The summed E-state index contributed by atoms with van der Waals surface area (Å²) in [5.41, 5.74) is 0.204. The largest absolute Gasteiger partial charge is 0.208 e. The van der Waals surface area contributed by atoms with E-state index in [1.165, 1.54) is 6.07 Å². The van der Waals surface area contributed by atoms with Crippen LogP contribution in [0.25, 0.3) is 0 Å². The molecular weight excluding hydrogens is 229 g/mol.